The lowest BCUT2D eigenvalue weighted by molar-refractivity contribution is 0.0605. The zero-order valence-corrected chi connectivity index (χ0v) is 15.3. The first-order valence-corrected chi connectivity index (χ1v) is 9.35. The van der Waals surface area contributed by atoms with E-state index in [0.717, 1.165) is 24.8 Å². The number of hydrogen-bond donors (Lipinski definition) is 1. The number of aromatic nitrogens is 3. The number of halogens is 1. The van der Waals surface area contributed by atoms with E-state index in [9.17, 15) is 9.18 Å². The summed E-state index contributed by atoms with van der Waals surface area (Å²) in [6.07, 6.45) is 6.50. The largest absolute Gasteiger partial charge is 0.484 e. The van der Waals surface area contributed by atoms with Crippen molar-refractivity contribution in [3.05, 3.63) is 77.6 Å². The number of carbonyl (C=O) groups is 1. The molecule has 1 atom stereocenters. The number of para-hydroxylation sites is 1. The smallest absolute Gasteiger partial charge is 0.274 e. The lowest BCUT2D eigenvalue weighted by Crippen LogP contribution is -2.38. The first-order chi connectivity index (χ1) is 13.7. The van der Waals surface area contributed by atoms with Crippen LogP contribution in [0.3, 0.4) is 0 Å². The second-order valence-electron chi connectivity index (χ2n) is 6.79. The molecule has 1 amide bonds. The molecule has 1 saturated heterocycles. The zero-order chi connectivity index (χ0) is 19.3. The van der Waals surface area contributed by atoms with Gasteiger partial charge in [-0.25, -0.2) is 4.39 Å². The van der Waals surface area contributed by atoms with Gasteiger partial charge in [-0.2, -0.15) is 5.10 Å². The summed E-state index contributed by atoms with van der Waals surface area (Å²) < 4.78 is 19.1. The van der Waals surface area contributed by atoms with E-state index in [1.54, 1.807) is 30.5 Å². The van der Waals surface area contributed by atoms with E-state index >= 15 is 0 Å². The summed E-state index contributed by atoms with van der Waals surface area (Å²) in [6.45, 7) is 0.791. The standard InChI is InChI=1S/C21H21FN4O2/c22-17-7-1-2-9-20(17)28-14-16-12-18(25-24-16)21(27)26-11-4-3-8-19(26)15-6-5-10-23-13-15/h1-2,5-7,9-10,12-13,19H,3-4,8,11,14H2,(H,24,25)/t19-/m1/s1. The SMILES string of the molecule is O=C(c1cc(COc2ccccc2F)[nH]n1)N1CCCC[C@@H]1c1cccnc1. The van der Waals surface area contributed by atoms with E-state index in [1.165, 1.54) is 6.07 Å². The molecule has 0 spiro atoms. The average Bonchev–Trinajstić information content (AvgIpc) is 3.22. The highest BCUT2D eigenvalue weighted by Crippen LogP contribution is 2.31. The summed E-state index contributed by atoms with van der Waals surface area (Å²) in [7, 11) is 0. The number of amides is 1. The molecule has 0 saturated carbocycles. The summed E-state index contributed by atoms with van der Waals surface area (Å²) in [4.78, 5) is 19.1. The lowest BCUT2D eigenvalue weighted by atomic mass is 9.96. The Morgan fingerprint density at radius 2 is 2.14 bits per heavy atom. The van der Waals surface area contributed by atoms with Gasteiger partial charge in [0.2, 0.25) is 0 Å². The van der Waals surface area contributed by atoms with Gasteiger partial charge in [0, 0.05) is 18.9 Å². The summed E-state index contributed by atoms with van der Waals surface area (Å²) in [5.74, 6) is -0.384. The third kappa shape index (κ3) is 3.88. The van der Waals surface area contributed by atoms with Crippen LogP contribution in [0.5, 0.6) is 5.75 Å². The minimum Gasteiger partial charge on any atom is -0.484 e. The number of aromatic amines is 1. The Kier molecular flexibility index (Phi) is 5.32. The molecule has 2 aromatic heterocycles. The number of piperidine rings is 1. The fraction of sp³-hybridized carbons (Fsp3) is 0.286. The van der Waals surface area contributed by atoms with Gasteiger partial charge in [0.15, 0.2) is 17.3 Å². The number of likely N-dealkylation sites (tertiary alicyclic amines) is 1. The Morgan fingerprint density at radius 3 is 2.96 bits per heavy atom. The number of benzene rings is 1. The van der Waals surface area contributed by atoms with E-state index in [2.05, 4.69) is 15.2 Å². The van der Waals surface area contributed by atoms with E-state index < -0.39 is 5.82 Å². The molecule has 144 valence electrons. The maximum Gasteiger partial charge on any atom is 0.274 e. The number of carbonyl (C=O) groups excluding carboxylic acids is 1. The van der Waals surface area contributed by atoms with Crippen molar-refractivity contribution < 1.29 is 13.9 Å². The number of ether oxygens (including phenoxy) is 1. The van der Waals surface area contributed by atoms with Gasteiger partial charge in [-0.15, -0.1) is 0 Å². The van der Waals surface area contributed by atoms with Crippen LogP contribution < -0.4 is 4.74 Å². The van der Waals surface area contributed by atoms with Crippen LogP contribution in [0.15, 0.2) is 54.9 Å². The molecular formula is C21H21FN4O2. The minimum absolute atomic E-state index is 0.00441. The van der Waals surface area contributed by atoms with Crippen molar-refractivity contribution in [3.63, 3.8) is 0 Å². The summed E-state index contributed by atoms with van der Waals surface area (Å²) in [6, 6.07) is 11.8. The average molecular weight is 380 g/mol. The number of nitrogens with one attached hydrogen (secondary N) is 1. The highest BCUT2D eigenvalue weighted by Gasteiger charge is 2.30. The topological polar surface area (TPSA) is 71.1 Å². The van der Waals surface area contributed by atoms with Crippen molar-refractivity contribution in [2.45, 2.75) is 31.9 Å². The molecule has 0 aliphatic carbocycles. The Bertz CT molecular complexity index is 944. The fourth-order valence-electron chi connectivity index (χ4n) is 3.50. The third-order valence-electron chi connectivity index (χ3n) is 4.90. The quantitative estimate of drug-likeness (QED) is 0.729. The van der Waals surface area contributed by atoms with Crippen molar-refractivity contribution in [2.75, 3.05) is 6.54 Å². The van der Waals surface area contributed by atoms with Gasteiger partial charge in [-0.3, -0.25) is 14.9 Å². The van der Waals surface area contributed by atoms with Gasteiger partial charge in [0.25, 0.3) is 5.91 Å². The molecule has 0 radical (unpaired) electrons. The molecule has 28 heavy (non-hydrogen) atoms. The molecule has 0 unspecified atom stereocenters. The Labute approximate surface area is 162 Å². The van der Waals surface area contributed by atoms with Crippen LogP contribution in [0, 0.1) is 5.82 Å². The van der Waals surface area contributed by atoms with Crippen molar-refractivity contribution in [1.29, 1.82) is 0 Å². The zero-order valence-electron chi connectivity index (χ0n) is 15.3. The van der Waals surface area contributed by atoms with Crippen LogP contribution in [0.2, 0.25) is 0 Å². The predicted octanol–water partition coefficient (Wildman–Crippen LogP) is 3.89. The third-order valence-corrected chi connectivity index (χ3v) is 4.90. The molecule has 3 aromatic rings. The number of hydrogen-bond acceptors (Lipinski definition) is 4. The number of nitrogens with zero attached hydrogens (tertiary/aromatic N) is 3. The van der Waals surface area contributed by atoms with Crippen LogP contribution in [0.4, 0.5) is 4.39 Å². The summed E-state index contributed by atoms with van der Waals surface area (Å²) in [5.41, 5.74) is 1.98. The molecule has 4 rings (SSSR count). The summed E-state index contributed by atoms with van der Waals surface area (Å²) in [5, 5.41) is 6.96. The first-order valence-electron chi connectivity index (χ1n) is 9.35. The van der Waals surface area contributed by atoms with E-state index in [-0.39, 0.29) is 24.3 Å². The van der Waals surface area contributed by atoms with Crippen LogP contribution >= 0.6 is 0 Å². The van der Waals surface area contributed by atoms with Gasteiger partial charge in [-0.1, -0.05) is 18.2 Å². The molecule has 1 aliphatic heterocycles. The second kappa shape index (κ2) is 8.21. The fourth-order valence-corrected chi connectivity index (χ4v) is 3.50. The number of rotatable bonds is 5. The Balaban J connectivity index is 1.46. The Morgan fingerprint density at radius 1 is 1.25 bits per heavy atom. The highest BCUT2D eigenvalue weighted by atomic mass is 19.1. The minimum atomic E-state index is -0.425. The molecule has 1 aliphatic rings. The second-order valence-corrected chi connectivity index (χ2v) is 6.79. The molecule has 3 heterocycles. The first kappa shape index (κ1) is 18.2. The monoisotopic (exact) mass is 380 g/mol. The maximum absolute atomic E-state index is 13.7. The van der Waals surface area contributed by atoms with Crippen LogP contribution in [-0.2, 0) is 6.61 Å². The van der Waals surface area contributed by atoms with Gasteiger partial charge in [0.05, 0.1) is 11.7 Å². The van der Waals surface area contributed by atoms with E-state index in [1.807, 2.05) is 23.2 Å². The maximum atomic E-state index is 13.7. The van der Waals surface area contributed by atoms with Crippen LogP contribution in [-0.4, -0.2) is 32.5 Å². The van der Waals surface area contributed by atoms with Crippen molar-refractivity contribution in [1.82, 2.24) is 20.1 Å². The van der Waals surface area contributed by atoms with Crippen molar-refractivity contribution in [2.24, 2.45) is 0 Å². The number of pyridine rings is 1. The highest BCUT2D eigenvalue weighted by molar-refractivity contribution is 5.92. The molecule has 6 nitrogen and oxygen atoms in total. The predicted molar refractivity (Wildman–Crippen MR) is 101 cm³/mol. The molecule has 7 heteroatoms. The molecule has 1 fully saturated rings. The van der Waals surface area contributed by atoms with Gasteiger partial charge in [0.1, 0.15) is 6.61 Å². The van der Waals surface area contributed by atoms with E-state index in [4.69, 9.17) is 4.74 Å². The van der Waals surface area contributed by atoms with Gasteiger partial charge in [-0.05, 0) is 49.1 Å². The summed E-state index contributed by atoms with van der Waals surface area (Å²) >= 11 is 0. The number of H-pyrrole nitrogens is 1. The lowest BCUT2D eigenvalue weighted by Gasteiger charge is -2.35. The molecular weight excluding hydrogens is 359 g/mol. The molecule has 1 aromatic carbocycles. The van der Waals surface area contributed by atoms with Gasteiger partial charge < -0.3 is 9.64 Å². The van der Waals surface area contributed by atoms with Gasteiger partial charge >= 0.3 is 0 Å². The van der Waals surface area contributed by atoms with Crippen LogP contribution in [0.25, 0.3) is 0 Å². The Hall–Kier alpha value is -3.22. The molecule has 0 bridgehead atoms. The normalized spacial score (nSPS) is 16.8. The van der Waals surface area contributed by atoms with Crippen molar-refractivity contribution >= 4 is 5.91 Å². The molecule has 1 N–H and O–H groups in total. The van der Waals surface area contributed by atoms with Crippen molar-refractivity contribution in [3.8, 4) is 5.75 Å². The van der Waals surface area contributed by atoms with E-state index in [0.29, 0.717) is 17.9 Å². The van der Waals surface area contributed by atoms with Crippen LogP contribution in [0.1, 0.15) is 47.1 Å².